The fourth-order valence-electron chi connectivity index (χ4n) is 4.44. The zero-order valence-corrected chi connectivity index (χ0v) is 18.3. The number of hydrogen-bond donors (Lipinski definition) is 0. The molecule has 2 aromatic carbocycles. The van der Waals surface area contributed by atoms with Gasteiger partial charge < -0.3 is 18.8 Å². The number of carbonyl (C=O) groups is 1. The molecule has 1 aliphatic heterocycles. The van der Waals surface area contributed by atoms with Crippen molar-refractivity contribution in [3.05, 3.63) is 99.9 Å². The Bertz CT molecular complexity index is 1370. The number of benzene rings is 2. The lowest BCUT2D eigenvalue weighted by Crippen LogP contribution is -2.49. The maximum Gasteiger partial charge on any atom is 0.262 e. The highest BCUT2D eigenvalue weighted by atomic mass is 19.1. The van der Waals surface area contributed by atoms with Crippen molar-refractivity contribution in [2.45, 2.75) is 13.5 Å². The zero-order valence-electron chi connectivity index (χ0n) is 18.3. The lowest BCUT2D eigenvalue weighted by atomic mass is 10.1. The van der Waals surface area contributed by atoms with E-state index in [1.165, 1.54) is 16.7 Å². The molecular weight excluding hydrogens is 421 g/mol. The third-order valence-corrected chi connectivity index (χ3v) is 6.14. The summed E-state index contributed by atoms with van der Waals surface area (Å²) in [7, 11) is 0. The summed E-state index contributed by atoms with van der Waals surface area (Å²) in [6.07, 6.45) is 1.62. The number of amides is 1. The molecule has 33 heavy (non-hydrogen) atoms. The van der Waals surface area contributed by atoms with Gasteiger partial charge in [0.2, 0.25) is 0 Å². The van der Waals surface area contributed by atoms with Crippen molar-refractivity contribution in [2.75, 3.05) is 31.1 Å². The van der Waals surface area contributed by atoms with Crippen LogP contribution in [0.3, 0.4) is 0 Å². The van der Waals surface area contributed by atoms with E-state index < -0.39 is 0 Å². The molecule has 1 aliphatic rings. The third-order valence-electron chi connectivity index (χ3n) is 6.14. The molecule has 168 valence electrons. The van der Waals surface area contributed by atoms with Crippen LogP contribution in [0.5, 0.6) is 0 Å². The van der Waals surface area contributed by atoms with Gasteiger partial charge in [0.1, 0.15) is 17.2 Å². The lowest BCUT2D eigenvalue weighted by Gasteiger charge is -2.36. The number of halogens is 1. The van der Waals surface area contributed by atoms with Crippen LogP contribution in [0, 0.1) is 12.7 Å². The van der Waals surface area contributed by atoms with Gasteiger partial charge in [-0.25, -0.2) is 4.39 Å². The standard InChI is InChI=1S/C26H24FN3O3/c1-18-23(25(31)29-14-12-28(13-15-29)21-8-3-2-4-9-21)24-22(33-18)10-11-30(26(24)32)17-19-6-5-7-20(27)16-19/h2-11,16H,12-15,17H2,1H3. The quantitative estimate of drug-likeness (QED) is 0.476. The van der Waals surface area contributed by atoms with Crippen molar-refractivity contribution in [1.82, 2.24) is 9.47 Å². The van der Waals surface area contributed by atoms with Gasteiger partial charge in [0.25, 0.3) is 11.5 Å². The Hall–Kier alpha value is -3.87. The van der Waals surface area contributed by atoms with Gasteiger partial charge in [-0.1, -0.05) is 30.3 Å². The Balaban J connectivity index is 1.42. The number of aryl methyl sites for hydroxylation is 1. The first-order valence-electron chi connectivity index (χ1n) is 11.0. The summed E-state index contributed by atoms with van der Waals surface area (Å²) in [5.74, 6) is -0.119. The van der Waals surface area contributed by atoms with E-state index in [9.17, 15) is 14.0 Å². The normalized spacial score (nSPS) is 14.1. The first-order chi connectivity index (χ1) is 16.0. The summed E-state index contributed by atoms with van der Waals surface area (Å²) >= 11 is 0. The van der Waals surface area contributed by atoms with Crippen molar-refractivity contribution in [3.63, 3.8) is 0 Å². The van der Waals surface area contributed by atoms with Gasteiger partial charge >= 0.3 is 0 Å². The molecule has 3 heterocycles. The Labute approximate surface area is 190 Å². The van der Waals surface area contributed by atoms with E-state index in [1.54, 1.807) is 36.2 Å². The molecule has 5 rings (SSSR count). The molecule has 6 nitrogen and oxygen atoms in total. The van der Waals surface area contributed by atoms with Crippen LogP contribution in [0.4, 0.5) is 10.1 Å². The largest absolute Gasteiger partial charge is 0.460 e. The van der Waals surface area contributed by atoms with Crippen LogP contribution in [0.15, 0.2) is 76.1 Å². The molecule has 0 bridgehead atoms. The van der Waals surface area contributed by atoms with Crippen molar-refractivity contribution in [1.29, 1.82) is 0 Å². The maximum atomic E-state index is 13.6. The maximum absolute atomic E-state index is 13.6. The molecule has 0 atom stereocenters. The first kappa shape index (κ1) is 21.0. The highest BCUT2D eigenvalue weighted by molar-refractivity contribution is 6.07. The molecule has 1 amide bonds. The summed E-state index contributed by atoms with van der Waals surface area (Å²) in [6.45, 7) is 4.47. The molecule has 7 heteroatoms. The summed E-state index contributed by atoms with van der Waals surface area (Å²) < 4.78 is 20.8. The topological polar surface area (TPSA) is 58.7 Å². The monoisotopic (exact) mass is 445 g/mol. The van der Waals surface area contributed by atoms with Gasteiger partial charge in [0.15, 0.2) is 0 Å². The molecule has 0 saturated carbocycles. The molecular formula is C26H24FN3O3. The predicted molar refractivity (Wildman–Crippen MR) is 125 cm³/mol. The molecule has 0 spiro atoms. The molecule has 0 N–H and O–H groups in total. The van der Waals surface area contributed by atoms with Crippen LogP contribution in [0.1, 0.15) is 21.7 Å². The SMILES string of the molecule is Cc1oc2ccn(Cc3cccc(F)c3)c(=O)c2c1C(=O)N1CCN(c2ccccc2)CC1. The second-order valence-corrected chi connectivity index (χ2v) is 8.27. The summed E-state index contributed by atoms with van der Waals surface area (Å²) in [5, 5.41) is 0.280. The fourth-order valence-corrected chi connectivity index (χ4v) is 4.44. The van der Waals surface area contributed by atoms with Gasteiger partial charge in [0.05, 0.1) is 17.5 Å². The van der Waals surface area contributed by atoms with E-state index in [0.717, 1.165) is 5.69 Å². The lowest BCUT2D eigenvalue weighted by molar-refractivity contribution is 0.0746. The van der Waals surface area contributed by atoms with Gasteiger partial charge in [-0.2, -0.15) is 0 Å². The van der Waals surface area contributed by atoms with Crippen molar-refractivity contribution < 1.29 is 13.6 Å². The van der Waals surface area contributed by atoms with Crippen LogP contribution >= 0.6 is 0 Å². The van der Waals surface area contributed by atoms with E-state index >= 15 is 0 Å². The van der Waals surface area contributed by atoms with Crippen LogP contribution in [0.2, 0.25) is 0 Å². The molecule has 4 aromatic rings. The third kappa shape index (κ3) is 4.02. The summed E-state index contributed by atoms with van der Waals surface area (Å²) in [6, 6.07) is 17.9. The van der Waals surface area contributed by atoms with E-state index in [-0.39, 0.29) is 29.2 Å². The Morgan fingerprint density at radius 1 is 1.00 bits per heavy atom. The van der Waals surface area contributed by atoms with Crippen molar-refractivity contribution in [3.8, 4) is 0 Å². The number of fused-ring (bicyclic) bond motifs is 1. The average molecular weight is 445 g/mol. The Morgan fingerprint density at radius 3 is 2.48 bits per heavy atom. The first-order valence-corrected chi connectivity index (χ1v) is 11.0. The van der Waals surface area contributed by atoms with E-state index in [0.29, 0.717) is 48.6 Å². The number of aromatic nitrogens is 1. The van der Waals surface area contributed by atoms with Gasteiger partial charge in [-0.05, 0) is 42.8 Å². The van der Waals surface area contributed by atoms with Crippen molar-refractivity contribution >= 4 is 22.6 Å². The minimum atomic E-state index is -0.355. The highest BCUT2D eigenvalue weighted by Gasteiger charge is 2.28. The van der Waals surface area contributed by atoms with E-state index in [4.69, 9.17) is 4.42 Å². The van der Waals surface area contributed by atoms with E-state index in [1.807, 2.05) is 18.2 Å². The number of nitrogens with zero attached hydrogens (tertiary/aromatic N) is 3. The number of hydrogen-bond acceptors (Lipinski definition) is 4. The average Bonchev–Trinajstić information content (AvgIpc) is 3.18. The summed E-state index contributed by atoms with van der Waals surface area (Å²) in [5.41, 5.74) is 2.19. The number of rotatable bonds is 4. The molecule has 2 aromatic heterocycles. The zero-order chi connectivity index (χ0) is 22.9. The van der Waals surface area contributed by atoms with Gasteiger partial charge in [0, 0.05) is 38.1 Å². The summed E-state index contributed by atoms with van der Waals surface area (Å²) in [4.78, 5) is 30.8. The van der Waals surface area contributed by atoms with Crippen LogP contribution in [-0.2, 0) is 6.54 Å². The van der Waals surface area contributed by atoms with Crippen molar-refractivity contribution in [2.24, 2.45) is 0 Å². The van der Waals surface area contributed by atoms with Gasteiger partial charge in [-0.15, -0.1) is 0 Å². The fraction of sp³-hybridized carbons (Fsp3) is 0.231. The number of furan rings is 1. The Kier molecular flexibility index (Phi) is 5.46. The van der Waals surface area contributed by atoms with E-state index in [2.05, 4.69) is 17.0 Å². The molecule has 0 unspecified atom stereocenters. The number of piperazine rings is 1. The minimum Gasteiger partial charge on any atom is -0.460 e. The minimum absolute atomic E-state index is 0.195. The predicted octanol–water partition coefficient (Wildman–Crippen LogP) is 4.05. The van der Waals surface area contributed by atoms with Crippen LogP contribution in [-0.4, -0.2) is 41.6 Å². The number of pyridine rings is 1. The molecule has 0 aliphatic carbocycles. The van der Waals surface area contributed by atoms with Crippen LogP contribution in [0.25, 0.3) is 11.0 Å². The Morgan fingerprint density at radius 2 is 1.76 bits per heavy atom. The molecule has 0 radical (unpaired) electrons. The second-order valence-electron chi connectivity index (χ2n) is 8.27. The molecule has 1 fully saturated rings. The van der Waals surface area contributed by atoms with Gasteiger partial charge in [-0.3, -0.25) is 9.59 Å². The highest BCUT2D eigenvalue weighted by Crippen LogP contribution is 2.25. The number of carbonyl (C=O) groups excluding carboxylic acids is 1. The second kappa shape index (κ2) is 8.58. The number of para-hydroxylation sites is 1. The van der Waals surface area contributed by atoms with Crippen LogP contribution < -0.4 is 10.5 Å². The smallest absolute Gasteiger partial charge is 0.262 e. The number of anilines is 1. The molecule has 1 saturated heterocycles.